The number of carbonyl (C=O) groups excluding carboxylic acids is 1. The van der Waals surface area contributed by atoms with Gasteiger partial charge < -0.3 is 10.1 Å². The van der Waals surface area contributed by atoms with Crippen LogP contribution < -0.4 is 10.1 Å². The summed E-state index contributed by atoms with van der Waals surface area (Å²) in [6, 6.07) is 10.2. The van der Waals surface area contributed by atoms with Crippen LogP contribution in [-0.2, 0) is 11.3 Å². The van der Waals surface area contributed by atoms with Crippen molar-refractivity contribution in [3.63, 3.8) is 0 Å². The number of nitrogens with one attached hydrogen (secondary N) is 1. The summed E-state index contributed by atoms with van der Waals surface area (Å²) >= 11 is 1.56. The standard InChI is InChI=1S/C19H25N3O2S/c1-15-7-5-6-11-22(15)14-17-13-20-19(25-17)21-18(23)10-12-24-16-8-3-2-4-9-16/h2-4,8-9,13,15H,5-7,10-12,14H2,1H3,(H,20,21,23). The molecule has 0 radical (unpaired) electrons. The molecule has 2 aromatic rings. The lowest BCUT2D eigenvalue weighted by molar-refractivity contribution is -0.116. The second kappa shape index (κ2) is 8.97. The number of ether oxygens (including phenoxy) is 1. The molecule has 1 aromatic carbocycles. The van der Waals surface area contributed by atoms with Gasteiger partial charge in [0.05, 0.1) is 13.0 Å². The van der Waals surface area contributed by atoms with Crippen LogP contribution in [0.15, 0.2) is 36.5 Å². The van der Waals surface area contributed by atoms with E-state index in [1.165, 1.54) is 24.1 Å². The predicted molar refractivity (Wildman–Crippen MR) is 101 cm³/mol. The second-order valence-corrected chi connectivity index (χ2v) is 7.52. The largest absolute Gasteiger partial charge is 0.493 e. The number of amides is 1. The first-order chi connectivity index (χ1) is 12.2. The molecule has 1 atom stereocenters. The molecule has 0 spiro atoms. The molecule has 1 aliphatic rings. The average Bonchev–Trinajstić information content (AvgIpc) is 3.05. The maximum Gasteiger partial charge on any atom is 0.229 e. The van der Waals surface area contributed by atoms with Gasteiger partial charge in [0.15, 0.2) is 5.13 Å². The Bertz CT molecular complexity index is 674. The Kier molecular flexibility index (Phi) is 6.42. The molecule has 6 heteroatoms. The Hall–Kier alpha value is -1.92. The number of anilines is 1. The van der Waals surface area contributed by atoms with Crippen molar-refractivity contribution in [1.29, 1.82) is 0 Å². The highest BCUT2D eigenvalue weighted by Crippen LogP contribution is 2.24. The zero-order valence-electron chi connectivity index (χ0n) is 14.6. The maximum atomic E-state index is 12.0. The highest BCUT2D eigenvalue weighted by Gasteiger charge is 2.19. The summed E-state index contributed by atoms with van der Waals surface area (Å²) in [6.45, 7) is 4.72. The van der Waals surface area contributed by atoms with Crippen molar-refractivity contribution < 1.29 is 9.53 Å². The molecule has 1 fully saturated rings. The third-order valence-corrected chi connectivity index (χ3v) is 5.34. The Morgan fingerprint density at radius 2 is 2.20 bits per heavy atom. The van der Waals surface area contributed by atoms with E-state index in [4.69, 9.17) is 4.74 Å². The third-order valence-electron chi connectivity index (χ3n) is 4.44. The van der Waals surface area contributed by atoms with Gasteiger partial charge in [-0.15, -0.1) is 11.3 Å². The van der Waals surface area contributed by atoms with Crippen LogP contribution >= 0.6 is 11.3 Å². The van der Waals surface area contributed by atoms with Gasteiger partial charge in [-0.25, -0.2) is 4.98 Å². The number of carbonyl (C=O) groups is 1. The number of rotatable bonds is 7. The van der Waals surface area contributed by atoms with E-state index in [1.54, 1.807) is 11.3 Å². The first-order valence-electron chi connectivity index (χ1n) is 8.87. The lowest BCUT2D eigenvalue weighted by Crippen LogP contribution is -2.36. The molecule has 25 heavy (non-hydrogen) atoms. The van der Waals surface area contributed by atoms with Crippen molar-refractivity contribution in [3.8, 4) is 5.75 Å². The zero-order valence-corrected chi connectivity index (χ0v) is 15.4. The Balaban J connectivity index is 1.42. The Morgan fingerprint density at radius 3 is 3.00 bits per heavy atom. The molecule has 134 valence electrons. The number of benzene rings is 1. The molecule has 0 bridgehead atoms. The molecule has 2 heterocycles. The average molecular weight is 359 g/mol. The van der Waals surface area contributed by atoms with Gasteiger partial charge in [-0.3, -0.25) is 9.69 Å². The summed E-state index contributed by atoms with van der Waals surface area (Å²) in [7, 11) is 0. The van der Waals surface area contributed by atoms with Gasteiger partial charge in [-0.1, -0.05) is 24.6 Å². The van der Waals surface area contributed by atoms with E-state index < -0.39 is 0 Å². The van der Waals surface area contributed by atoms with Gasteiger partial charge in [-0.2, -0.15) is 0 Å². The fourth-order valence-corrected chi connectivity index (χ4v) is 3.85. The molecular weight excluding hydrogens is 334 g/mol. The highest BCUT2D eigenvalue weighted by molar-refractivity contribution is 7.15. The number of aromatic nitrogens is 1. The molecular formula is C19H25N3O2S. The molecule has 1 aromatic heterocycles. The van der Waals surface area contributed by atoms with E-state index in [-0.39, 0.29) is 5.91 Å². The number of nitrogens with zero attached hydrogens (tertiary/aromatic N) is 2. The van der Waals surface area contributed by atoms with Crippen molar-refractivity contribution in [2.45, 2.75) is 45.2 Å². The molecule has 1 aliphatic heterocycles. The fraction of sp³-hybridized carbons (Fsp3) is 0.474. The molecule has 1 N–H and O–H groups in total. The summed E-state index contributed by atoms with van der Waals surface area (Å²) in [4.78, 5) is 20.0. The van der Waals surface area contributed by atoms with Gasteiger partial charge in [0.2, 0.25) is 5.91 Å². The van der Waals surface area contributed by atoms with Crippen molar-refractivity contribution in [2.75, 3.05) is 18.5 Å². The van der Waals surface area contributed by atoms with E-state index in [0.29, 0.717) is 24.2 Å². The van der Waals surface area contributed by atoms with Crippen LogP contribution in [0.1, 0.15) is 37.5 Å². The van der Waals surface area contributed by atoms with Gasteiger partial charge in [-0.05, 0) is 38.4 Å². The molecule has 1 amide bonds. The van der Waals surface area contributed by atoms with Crippen molar-refractivity contribution in [1.82, 2.24) is 9.88 Å². The Labute approximate surface area is 153 Å². The van der Waals surface area contributed by atoms with Crippen LogP contribution in [0.2, 0.25) is 0 Å². The summed E-state index contributed by atoms with van der Waals surface area (Å²) in [6.07, 6.45) is 6.06. The smallest absolute Gasteiger partial charge is 0.229 e. The minimum absolute atomic E-state index is 0.0665. The summed E-state index contributed by atoms with van der Waals surface area (Å²) < 4.78 is 5.55. The normalized spacial score (nSPS) is 18.0. The topological polar surface area (TPSA) is 54.5 Å². The van der Waals surface area contributed by atoms with Crippen molar-refractivity contribution >= 4 is 22.4 Å². The number of para-hydroxylation sites is 1. The van der Waals surface area contributed by atoms with Crippen LogP contribution in [-0.4, -0.2) is 35.0 Å². The van der Waals surface area contributed by atoms with E-state index in [9.17, 15) is 4.79 Å². The van der Waals surface area contributed by atoms with Crippen LogP contribution in [0.3, 0.4) is 0 Å². The molecule has 3 rings (SSSR count). The summed E-state index contributed by atoms with van der Waals surface area (Å²) in [5.41, 5.74) is 0. The molecule has 0 saturated carbocycles. The van der Waals surface area contributed by atoms with Crippen molar-refractivity contribution in [3.05, 3.63) is 41.4 Å². The number of likely N-dealkylation sites (tertiary alicyclic amines) is 1. The molecule has 0 aliphatic carbocycles. The minimum Gasteiger partial charge on any atom is -0.493 e. The van der Waals surface area contributed by atoms with E-state index >= 15 is 0 Å². The van der Waals surface area contributed by atoms with Crippen LogP contribution in [0.4, 0.5) is 5.13 Å². The lowest BCUT2D eigenvalue weighted by Gasteiger charge is -2.32. The highest BCUT2D eigenvalue weighted by atomic mass is 32.1. The zero-order chi connectivity index (χ0) is 17.5. The van der Waals surface area contributed by atoms with Gasteiger partial charge in [0.25, 0.3) is 0 Å². The lowest BCUT2D eigenvalue weighted by atomic mass is 10.0. The van der Waals surface area contributed by atoms with E-state index in [1.807, 2.05) is 36.5 Å². The number of hydrogen-bond donors (Lipinski definition) is 1. The Morgan fingerprint density at radius 1 is 1.36 bits per heavy atom. The first kappa shape index (κ1) is 17.9. The minimum atomic E-state index is -0.0665. The number of hydrogen-bond acceptors (Lipinski definition) is 5. The maximum absolute atomic E-state index is 12.0. The van der Waals surface area contributed by atoms with Gasteiger partial charge in [0, 0.05) is 23.7 Å². The molecule has 1 unspecified atom stereocenters. The fourth-order valence-electron chi connectivity index (χ4n) is 2.99. The quantitative estimate of drug-likeness (QED) is 0.814. The predicted octanol–water partition coefficient (Wildman–Crippen LogP) is 3.93. The molecule has 1 saturated heterocycles. The van der Waals surface area contributed by atoms with Gasteiger partial charge >= 0.3 is 0 Å². The third kappa shape index (κ3) is 5.54. The summed E-state index contributed by atoms with van der Waals surface area (Å²) in [5, 5.41) is 3.54. The van der Waals surface area contributed by atoms with Gasteiger partial charge in [0.1, 0.15) is 5.75 Å². The second-order valence-electron chi connectivity index (χ2n) is 6.41. The van der Waals surface area contributed by atoms with E-state index in [2.05, 4.69) is 22.1 Å². The van der Waals surface area contributed by atoms with Crippen LogP contribution in [0.25, 0.3) is 0 Å². The summed E-state index contributed by atoms with van der Waals surface area (Å²) in [5.74, 6) is 0.714. The van der Waals surface area contributed by atoms with E-state index in [0.717, 1.165) is 18.8 Å². The monoisotopic (exact) mass is 359 g/mol. The first-order valence-corrected chi connectivity index (χ1v) is 9.69. The van der Waals surface area contributed by atoms with Crippen LogP contribution in [0.5, 0.6) is 5.75 Å². The van der Waals surface area contributed by atoms with Crippen LogP contribution in [0, 0.1) is 0 Å². The number of thiazole rings is 1. The number of piperidine rings is 1. The molecule has 5 nitrogen and oxygen atoms in total. The van der Waals surface area contributed by atoms with Crippen molar-refractivity contribution in [2.24, 2.45) is 0 Å². The SMILES string of the molecule is CC1CCCCN1Cc1cnc(NC(=O)CCOc2ccccc2)s1.